The van der Waals surface area contributed by atoms with Crippen LogP contribution in [0.4, 0.5) is 5.95 Å². The van der Waals surface area contributed by atoms with Gasteiger partial charge in [-0.05, 0) is 40.5 Å². The lowest BCUT2D eigenvalue weighted by Crippen LogP contribution is -2.62. The number of amides is 1. The Hall–Kier alpha value is -1.73. The topological polar surface area (TPSA) is 70.6 Å². The molecule has 3 aliphatic heterocycles. The molecule has 7 nitrogen and oxygen atoms in total. The molecule has 0 aromatic carbocycles. The highest BCUT2D eigenvalue weighted by molar-refractivity contribution is 5.97. The molecule has 7 heteroatoms. The quantitative estimate of drug-likeness (QED) is 0.864. The molecule has 142 valence electrons. The number of nitrogens with one attached hydrogen (secondary N) is 1. The van der Waals surface area contributed by atoms with Gasteiger partial charge in [0.25, 0.3) is 5.91 Å². The molecule has 1 aromatic heterocycles. The lowest BCUT2D eigenvalue weighted by Gasteiger charge is -2.48. The number of fused-ring (bicyclic) bond motifs is 1. The molecule has 2 fully saturated rings. The first-order valence-electron chi connectivity index (χ1n) is 9.53. The number of rotatable bonds is 2. The van der Waals surface area contributed by atoms with E-state index < -0.39 is 0 Å². The number of morpholine rings is 1. The molecule has 0 atom stereocenters. The minimum Gasteiger partial charge on any atom is -0.378 e. The van der Waals surface area contributed by atoms with E-state index in [9.17, 15) is 4.79 Å². The Kier molecular flexibility index (Phi) is 4.19. The molecule has 0 bridgehead atoms. The first-order valence-corrected chi connectivity index (χ1v) is 9.53. The van der Waals surface area contributed by atoms with Crippen molar-refractivity contribution in [3.8, 4) is 0 Å². The number of aromatic nitrogens is 2. The highest BCUT2D eigenvalue weighted by Crippen LogP contribution is 2.35. The maximum atomic E-state index is 13.0. The van der Waals surface area contributed by atoms with E-state index in [1.807, 2.05) is 4.90 Å². The smallest absolute Gasteiger partial charge is 0.257 e. The van der Waals surface area contributed by atoms with Crippen LogP contribution in [-0.2, 0) is 11.3 Å². The van der Waals surface area contributed by atoms with Crippen molar-refractivity contribution >= 4 is 11.9 Å². The van der Waals surface area contributed by atoms with Crippen LogP contribution in [-0.4, -0.2) is 64.2 Å². The van der Waals surface area contributed by atoms with Gasteiger partial charge in [0.2, 0.25) is 5.95 Å². The summed E-state index contributed by atoms with van der Waals surface area (Å²) in [7, 11) is 0. The number of anilines is 1. The highest BCUT2D eigenvalue weighted by atomic mass is 16.5. The van der Waals surface area contributed by atoms with E-state index in [1.165, 1.54) is 0 Å². The fourth-order valence-corrected chi connectivity index (χ4v) is 4.79. The summed E-state index contributed by atoms with van der Waals surface area (Å²) in [5.74, 6) is 0.791. The first kappa shape index (κ1) is 17.7. The van der Waals surface area contributed by atoms with Crippen molar-refractivity contribution in [1.29, 1.82) is 0 Å². The minimum absolute atomic E-state index is 0.00606. The molecule has 0 aliphatic carbocycles. The lowest BCUT2D eigenvalue weighted by atomic mass is 9.79. The predicted molar refractivity (Wildman–Crippen MR) is 99.3 cm³/mol. The van der Waals surface area contributed by atoms with E-state index in [4.69, 9.17) is 9.72 Å². The molecule has 4 heterocycles. The van der Waals surface area contributed by atoms with E-state index in [1.54, 1.807) is 6.20 Å². The zero-order chi connectivity index (χ0) is 18.5. The third-order valence-electron chi connectivity index (χ3n) is 5.57. The Morgan fingerprint density at radius 1 is 1.15 bits per heavy atom. The number of piperidine rings is 1. The fraction of sp³-hybridized carbons (Fsp3) is 0.737. The van der Waals surface area contributed by atoms with Gasteiger partial charge in [0, 0.05) is 36.4 Å². The summed E-state index contributed by atoms with van der Waals surface area (Å²) in [6, 6.07) is 0.217. The highest BCUT2D eigenvalue weighted by Gasteiger charge is 2.44. The van der Waals surface area contributed by atoms with Crippen molar-refractivity contribution in [3.05, 3.63) is 17.5 Å². The van der Waals surface area contributed by atoms with Crippen molar-refractivity contribution in [2.45, 2.75) is 64.2 Å². The average Bonchev–Trinajstić information content (AvgIpc) is 2.89. The third kappa shape index (κ3) is 3.30. The molecule has 0 spiro atoms. The second kappa shape index (κ2) is 6.16. The molecule has 0 radical (unpaired) electrons. The molecule has 0 saturated carbocycles. The van der Waals surface area contributed by atoms with Gasteiger partial charge in [-0.1, -0.05) is 0 Å². The summed E-state index contributed by atoms with van der Waals surface area (Å²) in [4.78, 5) is 26.3. The molecular weight excluding hydrogens is 330 g/mol. The maximum Gasteiger partial charge on any atom is 0.257 e. The van der Waals surface area contributed by atoms with Gasteiger partial charge < -0.3 is 19.9 Å². The SMILES string of the molecule is CC1(C)CC(N2Cc3nc(N4CCOCC4)ncc3C2=O)CC(C)(C)N1. The molecule has 2 saturated heterocycles. The third-order valence-corrected chi connectivity index (χ3v) is 5.57. The van der Waals surface area contributed by atoms with Gasteiger partial charge in [-0.3, -0.25) is 4.79 Å². The van der Waals surface area contributed by atoms with E-state index in [-0.39, 0.29) is 23.0 Å². The normalized spacial score (nSPS) is 25.5. The Bertz CT molecular complexity index is 696. The van der Waals surface area contributed by atoms with Gasteiger partial charge in [-0.25, -0.2) is 9.97 Å². The van der Waals surface area contributed by atoms with Gasteiger partial charge in [-0.2, -0.15) is 0 Å². The molecule has 0 unspecified atom stereocenters. The van der Waals surface area contributed by atoms with Crippen LogP contribution >= 0.6 is 0 Å². The lowest BCUT2D eigenvalue weighted by molar-refractivity contribution is 0.0465. The van der Waals surface area contributed by atoms with Crippen LogP contribution in [0.3, 0.4) is 0 Å². The summed E-state index contributed by atoms with van der Waals surface area (Å²) in [5.41, 5.74) is 1.54. The Balaban J connectivity index is 1.56. The van der Waals surface area contributed by atoms with Crippen molar-refractivity contribution < 1.29 is 9.53 Å². The molecule has 4 rings (SSSR count). The monoisotopic (exact) mass is 359 g/mol. The van der Waals surface area contributed by atoms with Crippen LogP contribution < -0.4 is 10.2 Å². The number of carbonyl (C=O) groups is 1. The van der Waals surface area contributed by atoms with Crippen LogP contribution in [0, 0.1) is 0 Å². The van der Waals surface area contributed by atoms with Gasteiger partial charge in [0.05, 0.1) is 31.0 Å². The second-order valence-electron chi connectivity index (χ2n) is 9.02. The molecule has 1 aromatic rings. The van der Waals surface area contributed by atoms with Gasteiger partial charge >= 0.3 is 0 Å². The minimum atomic E-state index is 0.00606. The number of ether oxygens (including phenoxy) is 1. The molecule has 1 amide bonds. The van der Waals surface area contributed by atoms with Crippen LogP contribution in [0.2, 0.25) is 0 Å². The van der Waals surface area contributed by atoms with Crippen LogP contribution in [0.5, 0.6) is 0 Å². The Labute approximate surface area is 155 Å². The Morgan fingerprint density at radius 3 is 2.46 bits per heavy atom. The first-order chi connectivity index (χ1) is 12.2. The van der Waals surface area contributed by atoms with Crippen LogP contribution in [0.15, 0.2) is 6.20 Å². The fourth-order valence-electron chi connectivity index (χ4n) is 4.79. The Morgan fingerprint density at radius 2 is 1.81 bits per heavy atom. The number of hydrogen-bond donors (Lipinski definition) is 1. The summed E-state index contributed by atoms with van der Waals surface area (Å²) >= 11 is 0. The summed E-state index contributed by atoms with van der Waals surface area (Å²) in [6.45, 7) is 12.4. The number of nitrogens with zero attached hydrogens (tertiary/aromatic N) is 4. The van der Waals surface area contributed by atoms with Gasteiger partial charge in [-0.15, -0.1) is 0 Å². The zero-order valence-corrected chi connectivity index (χ0v) is 16.2. The van der Waals surface area contributed by atoms with Crippen molar-refractivity contribution in [3.63, 3.8) is 0 Å². The molecule has 1 N–H and O–H groups in total. The van der Waals surface area contributed by atoms with E-state index in [0.29, 0.717) is 31.3 Å². The van der Waals surface area contributed by atoms with Crippen LogP contribution in [0.1, 0.15) is 56.6 Å². The zero-order valence-electron chi connectivity index (χ0n) is 16.2. The average molecular weight is 359 g/mol. The number of hydrogen-bond acceptors (Lipinski definition) is 6. The largest absolute Gasteiger partial charge is 0.378 e. The summed E-state index contributed by atoms with van der Waals surface area (Å²) < 4.78 is 5.40. The summed E-state index contributed by atoms with van der Waals surface area (Å²) in [6.07, 6.45) is 3.60. The molecule has 26 heavy (non-hydrogen) atoms. The van der Waals surface area contributed by atoms with Crippen molar-refractivity contribution in [2.24, 2.45) is 0 Å². The van der Waals surface area contributed by atoms with Gasteiger partial charge in [0.15, 0.2) is 0 Å². The standard InChI is InChI=1S/C19H29N5O2/c1-18(2)9-13(10-19(3,4)22-18)24-12-15-14(16(24)25)11-20-17(21-15)23-5-7-26-8-6-23/h11,13,22H,5-10,12H2,1-4H3. The van der Waals surface area contributed by atoms with E-state index in [0.717, 1.165) is 31.6 Å². The second-order valence-corrected chi connectivity index (χ2v) is 9.02. The van der Waals surface area contributed by atoms with E-state index >= 15 is 0 Å². The number of carbonyl (C=O) groups excluding carboxylic acids is 1. The van der Waals surface area contributed by atoms with Crippen LogP contribution in [0.25, 0.3) is 0 Å². The van der Waals surface area contributed by atoms with Crippen molar-refractivity contribution in [1.82, 2.24) is 20.2 Å². The maximum absolute atomic E-state index is 13.0. The molecule has 3 aliphatic rings. The summed E-state index contributed by atoms with van der Waals surface area (Å²) in [5, 5.41) is 3.69. The predicted octanol–water partition coefficient (Wildman–Crippen LogP) is 1.58. The van der Waals surface area contributed by atoms with Crippen molar-refractivity contribution in [2.75, 3.05) is 31.2 Å². The molecular formula is C19H29N5O2. The van der Waals surface area contributed by atoms with E-state index in [2.05, 4.69) is 42.9 Å². The van der Waals surface area contributed by atoms with Gasteiger partial charge in [0.1, 0.15) is 0 Å².